The number of halogens is 1. The second kappa shape index (κ2) is 4.18. The molecule has 1 aromatic heterocycles. The third-order valence-corrected chi connectivity index (χ3v) is 3.53. The lowest BCUT2D eigenvalue weighted by atomic mass is 9.99. The summed E-state index contributed by atoms with van der Waals surface area (Å²) in [5.41, 5.74) is 5.65. The van der Waals surface area contributed by atoms with Crippen LogP contribution in [0.15, 0.2) is 16.7 Å². The summed E-state index contributed by atoms with van der Waals surface area (Å²) in [4.78, 5) is 18.1. The van der Waals surface area contributed by atoms with Crippen LogP contribution in [0.2, 0.25) is 0 Å². The van der Waals surface area contributed by atoms with Crippen LogP contribution in [0.25, 0.3) is 0 Å². The van der Waals surface area contributed by atoms with Gasteiger partial charge in [-0.3, -0.25) is 4.79 Å². The van der Waals surface area contributed by atoms with E-state index in [1.165, 1.54) is 0 Å². The Morgan fingerprint density at radius 3 is 2.94 bits per heavy atom. The molecule has 0 atom stereocenters. The minimum atomic E-state index is -0.607. The van der Waals surface area contributed by atoms with E-state index >= 15 is 0 Å². The molecule has 1 saturated heterocycles. The number of nitrogen functional groups attached to an aromatic ring is 1. The zero-order valence-electron chi connectivity index (χ0n) is 9.83. The first-order valence-electron chi connectivity index (χ1n) is 5.40. The van der Waals surface area contributed by atoms with Crippen molar-refractivity contribution in [1.29, 1.82) is 0 Å². The van der Waals surface area contributed by atoms with Crippen LogP contribution in [0.3, 0.4) is 0 Å². The number of carbonyl (C=O) groups excluding carboxylic acids is 1. The molecule has 0 aromatic carbocycles. The number of hydrogen-bond acceptors (Lipinski definition) is 4. The first-order chi connectivity index (χ1) is 7.93. The zero-order valence-corrected chi connectivity index (χ0v) is 11.4. The van der Waals surface area contributed by atoms with Gasteiger partial charge in [0.1, 0.15) is 11.4 Å². The van der Waals surface area contributed by atoms with Gasteiger partial charge in [-0.05, 0) is 35.8 Å². The lowest BCUT2D eigenvalue weighted by Gasteiger charge is -2.42. The SMILES string of the molecule is CC1(C)C(=O)NCCN1c1ncc(N)cc1Br. The first kappa shape index (κ1) is 12.2. The fourth-order valence-electron chi connectivity index (χ4n) is 1.91. The Labute approximate surface area is 109 Å². The molecule has 0 radical (unpaired) electrons. The maximum Gasteiger partial charge on any atom is 0.245 e. The van der Waals surface area contributed by atoms with E-state index in [-0.39, 0.29) is 5.91 Å². The van der Waals surface area contributed by atoms with Gasteiger partial charge in [0.25, 0.3) is 0 Å². The molecule has 0 aliphatic carbocycles. The number of pyridine rings is 1. The van der Waals surface area contributed by atoms with Crippen LogP contribution in [0.1, 0.15) is 13.8 Å². The molecule has 1 fully saturated rings. The Morgan fingerprint density at radius 2 is 2.29 bits per heavy atom. The maximum absolute atomic E-state index is 11.9. The fourth-order valence-corrected chi connectivity index (χ4v) is 2.50. The topological polar surface area (TPSA) is 71.2 Å². The minimum absolute atomic E-state index is 0.00859. The van der Waals surface area contributed by atoms with Gasteiger partial charge in [0, 0.05) is 13.1 Å². The molecule has 92 valence electrons. The van der Waals surface area contributed by atoms with Crippen LogP contribution in [-0.4, -0.2) is 29.5 Å². The number of hydrogen-bond donors (Lipinski definition) is 2. The van der Waals surface area contributed by atoms with Crippen molar-refractivity contribution in [3.63, 3.8) is 0 Å². The number of carbonyl (C=O) groups is 1. The summed E-state index contributed by atoms with van der Waals surface area (Å²) in [6, 6.07) is 1.80. The van der Waals surface area contributed by atoms with E-state index in [1.54, 1.807) is 12.3 Å². The van der Waals surface area contributed by atoms with Crippen LogP contribution >= 0.6 is 15.9 Å². The summed E-state index contributed by atoms with van der Waals surface area (Å²) in [6.45, 7) is 5.12. The quantitative estimate of drug-likeness (QED) is 0.816. The van der Waals surface area contributed by atoms with Gasteiger partial charge in [0.2, 0.25) is 5.91 Å². The maximum atomic E-state index is 11.9. The van der Waals surface area contributed by atoms with Crippen LogP contribution in [0.4, 0.5) is 11.5 Å². The van der Waals surface area contributed by atoms with Gasteiger partial charge in [0.05, 0.1) is 16.4 Å². The van der Waals surface area contributed by atoms with Crippen molar-refractivity contribution in [1.82, 2.24) is 10.3 Å². The molecule has 1 aliphatic heterocycles. The highest BCUT2D eigenvalue weighted by Crippen LogP contribution is 2.31. The van der Waals surface area contributed by atoms with E-state index in [2.05, 4.69) is 26.2 Å². The average Bonchev–Trinajstić information content (AvgIpc) is 2.23. The predicted octanol–water partition coefficient (Wildman–Crippen LogP) is 1.14. The van der Waals surface area contributed by atoms with Crippen molar-refractivity contribution in [2.24, 2.45) is 0 Å². The van der Waals surface area contributed by atoms with Crippen molar-refractivity contribution in [2.45, 2.75) is 19.4 Å². The van der Waals surface area contributed by atoms with Gasteiger partial charge < -0.3 is 16.0 Å². The molecule has 3 N–H and O–H groups in total. The molecule has 0 spiro atoms. The minimum Gasteiger partial charge on any atom is -0.397 e. The second-order valence-electron chi connectivity index (χ2n) is 4.54. The summed E-state index contributed by atoms with van der Waals surface area (Å²) in [7, 11) is 0. The molecule has 1 amide bonds. The van der Waals surface area contributed by atoms with Gasteiger partial charge in [0.15, 0.2) is 0 Å². The van der Waals surface area contributed by atoms with Crippen molar-refractivity contribution in [3.05, 3.63) is 16.7 Å². The number of amides is 1. The summed E-state index contributed by atoms with van der Waals surface area (Å²) >= 11 is 3.44. The predicted molar refractivity (Wildman–Crippen MR) is 70.8 cm³/mol. The average molecular weight is 299 g/mol. The summed E-state index contributed by atoms with van der Waals surface area (Å²) in [5, 5.41) is 2.85. The number of nitrogens with two attached hydrogens (primary N) is 1. The summed E-state index contributed by atoms with van der Waals surface area (Å²) < 4.78 is 0.806. The van der Waals surface area contributed by atoms with Crippen molar-refractivity contribution in [3.8, 4) is 0 Å². The van der Waals surface area contributed by atoms with Crippen LogP contribution < -0.4 is 16.0 Å². The lowest BCUT2D eigenvalue weighted by Crippen LogP contribution is -2.62. The Balaban J connectivity index is 2.41. The zero-order chi connectivity index (χ0) is 12.6. The van der Waals surface area contributed by atoms with E-state index in [0.717, 1.165) is 16.8 Å². The monoisotopic (exact) mass is 298 g/mol. The number of anilines is 2. The van der Waals surface area contributed by atoms with Crippen molar-refractivity contribution in [2.75, 3.05) is 23.7 Å². The third kappa shape index (κ3) is 2.09. The molecule has 17 heavy (non-hydrogen) atoms. The number of piperazine rings is 1. The number of nitrogens with one attached hydrogen (secondary N) is 1. The smallest absolute Gasteiger partial charge is 0.245 e. The van der Waals surface area contributed by atoms with E-state index in [0.29, 0.717) is 12.2 Å². The van der Waals surface area contributed by atoms with Gasteiger partial charge in [-0.2, -0.15) is 0 Å². The van der Waals surface area contributed by atoms with Crippen molar-refractivity contribution < 1.29 is 4.79 Å². The Morgan fingerprint density at radius 1 is 1.59 bits per heavy atom. The van der Waals surface area contributed by atoms with E-state index in [9.17, 15) is 4.79 Å². The molecule has 0 bridgehead atoms. The van der Waals surface area contributed by atoms with Gasteiger partial charge in [-0.1, -0.05) is 0 Å². The molecule has 1 aliphatic rings. The van der Waals surface area contributed by atoms with E-state index in [1.807, 2.05) is 18.7 Å². The Kier molecular flexibility index (Phi) is 2.99. The van der Waals surface area contributed by atoms with Gasteiger partial charge >= 0.3 is 0 Å². The fraction of sp³-hybridized carbons (Fsp3) is 0.455. The molecule has 2 rings (SSSR count). The van der Waals surface area contributed by atoms with E-state index in [4.69, 9.17) is 5.73 Å². The molecular weight excluding hydrogens is 284 g/mol. The molecule has 5 nitrogen and oxygen atoms in total. The molecule has 6 heteroatoms. The van der Waals surface area contributed by atoms with Crippen LogP contribution in [-0.2, 0) is 4.79 Å². The molecular formula is C11H15BrN4O. The summed E-state index contributed by atoms with van der Waals surface area (Å²) in [6.07, 6.45) is 1.60. The largest absolute Gasteiger partial charge is 0.397 e. The highest BCUT2D eigenvalue weighted by Gasteiger charge is 2.39. The van der Waals surface area contributed by atoms with Crippen LogP contribution in [0.5, 0.6) is 0 Å². The number of rotatable bonds is 1. The molecule has 1 aromatic rings. The lowest BCUT2D eigenvalue weighted by molar-refractivity contribution is -0.126. The molecule has 2 heterocycles. The van der Waals surface area contributed by atoms with Crippen LogP contribution in [0, 0.1) is 0 Å². The standard InChI is InChI=1S/C11H15BrN4O/c1-11(2)10(17)14-3-4-16(11)9-8(12)5-7(13)6-15-9/h5-6H,3-4,13H2,1-2H3,(H,14,17). The molecule has 0 saturated carbocycles. The Bertz CT molecular complexity index is 461. The normalized spacial score (nSPS) is 19.0. The number of nitrogens with zero attached hydrogens (tertiary/aromatic N) is 2. The van der Waals surface area contributed by atoms with E-state index < -0.39 is 5.54 Å². The highest BCUT2D eigenvalue weighted by molar-refractivity contribution is 9.10. The van der Waals surface area contributed by atoms with Crippen molar-refractivity contribution >= 4 is 33.3 Å². The third-order valence-electron chi connectivity index (χ3n) is 2.95. The number of aromatic nitrogens is 1. The summed E-state index contributed by atoms with van der Waals surface area (Å²) in [5.74, 6) is 0.758. The highest BCUT2D eigenvalue weighted by atomic mass is 79.9. The van der Waals surface area contributed by atoms with Gasteiger partial charge in [-0.15, -0.1) is 0 Å². The Hall–Kier alpha value is -1.30. The van der Waals surface area contributed by atoms with Gasteiger partial charge in [-0.25, -0.2) is 4.98 Å². The molecule has 0 unspecified atom stereocenters. The first-order valence-corrected chi connectivity index (χ1v) is 6.19. The second-order valence-corrected chi connectivity index (χ2v) is 5.39.